The smallest absolute Gasteiger partial charge is 0.119 e. The van der Waals surface area contributed by atoms with Gasteiger partial charge in [-0.2, -0.15) is 0 Å². The van der Waals surface area contributed by atoms with Crippen LogP contribution in [0.1, 0.15) is 16.7 Å². The molecule has 0 amide bonds. The van der Waals surface area contributed by atoms with Crippen LogP contribution in [-0.4, -0.2) is 18.3 Å². The number of aryl methyl sites for hydroxylation is 1. The molecule has 20 heavy (non-hydrogen) atoms. The Hall–Kier alpha value is -1.32. The maximum absolute atomic E-state index is 10.3. The molecule has 0 saturated carbocycles. The number of hydrogen-bond donors (Lipinski definition) is 1. The third-order valence-corrected chi connectivity index (χ3v) is 4.04. The van der Waals surface area contributed by atoms with E-state index in [1.54, 1.807) is 7.11 Å². The third kappa shape index (κ3) is 4.09. The zero-order valence-corrected chi connectivity index (χ0v) is 13.4. The number of benzene rings is 2. The first-order valence-corrected chi connectivity index (χ1v) is 7.44. The minimum absolute atomic E-state index is 0.403. The topological polar surface area (TPSA) is 29.5 Å². The molecule has 0 aliphatic heterocycles. The van der Waals surface area contributed by atoms with Crippen molar-refractivity contribution in [2.45, 2.75) is 25.9 Å². The minimum atomic E-state index is -0.403. The van der Waals surface area contributed by atoms with E-state index in [2.05, 4.69) is 41.1 Å². The summed E-state index contributed by atoms with van der Waals surface area (Å²) in [6.07, 6.45) is 0.858. The first-order valence-electron chi connectivity index (χ1n) is 6.64. The Kier molecular flexibility index (Phi) is 5.21. The van der Waals surface area contributed by atoms with Gasteiger partial charge in [0.15, 0.2) is 0 Å². The maximum Gasteiger partial charge on any atom is 0.119 e. The van der Waals surface area contributed by atoms with E-state index in [0.29, 0.717) is 12.8 Å². The first-order chi connectivity index (χ1) is 9.58. The molecule has 2 rings (SSSR count). The predicted molar refractivity (Wildman–Crippen MR) is 85.3 cm³/mol. The molecule has 3 heteroatoms. The van der Waals surface area contributed by atoms with Gasteiger partial charge in [0.1, 0.15) is 5.75 Å². The van der Waals surface area contributed by atoms with Gasteiger partial charge in [-0.1, -0.05) is 45.8 Å². The normalized spacial score (nSPS) is 12.2. The second-order valence-corrected chi connectivity index (χ2v) is 5.86. The van der Waals surface area contributed by atoms with Crippen LogP contribution in [0, 0.1) is 6.92 Å². The van der Waals surface area contributed by atoms with Gasteiger partial charge >= 0.3 is 0 Å². The van der Waals surface area contributed by atoms with Crippen LogP contribution >= 0.6 is 15.9 Å². The molecule has 2 aromatic carbocycles. The summed E-state index contributed by atoms with van der Waals surface area (Å²) in [7, 11) is 1.65. The van der Waals surface area contributed by atoms with Crippen LogP contribution in [0.5, 0.6) is 5.75 Å². The highest BCUT2D eigenvalue weighted by atomic mass is 79.9. The number of hydrogen-bond acceptors (Lipinski definition) is 2. The van der Waals surface area contributed by atoms with Gasteiger partial charge in [-0.25, -0.2) is 0 Å². The van der Waals surface area contributed by atoms with Gasteiger partial charge in [0.25, 0.3) is 0 Å². The molecular weight excluding hydrogens is 316 g/mol. The van der Waals surface area contributed by atoms with Gasteiger partial charge in [0, 0.05) is 4.47 Å². The molecule has 0 aliphatic rings. The van der Waals surface area contributed by atoms with E-state index in [0.717, 1.165) is 21.3 Å². The lowest BCUT2D eigenvalue weighted by atomic mass is 10.00. The summed E-state index contributed by atoms with van der Waals surface area (Å²) in [6, 6.07) is 14.1. The fourth-order valence-electron chi connectivity index (χ4n) is 2.27. The quantitative estimate of drug-likeness (QED) is 0.898. The molecule has 1 unspecified atom stereocenters. The lowest BCUT2D eigenvalue weighted by molar-refractivity contribution is 0.175. The molecule has 0 heterocycles. The van der Waals surface area contributed by atoms with E-state index in [9.17, 15) is 5.11 Å². The van der Waals surface area contributed by atoms with E-state index in [1.807, 2.05) is 24.3 Å². The van der Waals surface area contributed by atoms with Gasteiger partial charge in [-0.15, -0.1) is 0 Å². The van der Waals surface area contributed by atoms with E-state index >= 15 is 0 Å². The van der Waals surface area contributed by atoms with Gasteiger partial charge in [0.2, 0.25) is 0 Å². The second-order valence-electron chi connectivity index (χ2n) is 5.01. The number of halogens is 1. The number of ether oxygens (including phenoxy) is 1. The summed E-state index contributed by atoms with van der Waals surface area (Å²) in [5.74, 6) is 0.811. The lowest BCUT2D eigenvalue weighted by Gasteiger charge is -2.13. The summed E-state index contributed by atoms with van der Waals surface area (Å²) in [5.41, 5.74) is 3.44. The van der Waals surface area contributed by atoms with E-state index in [-0.39, 0.29) is 0 Å². The average Bonchev–Trinajstić information content (AvgIpc) is 2.41. The molecule has 2 nitrogen and oxygen atoms in total. The molecule has 0 aliphatic carbocycles. The molecule has 2 aromatic rings. The number of aliphatic hydroxyl groups excluding tert-OH is 1. The molecule has 1 N–H and O–H groups in total. The van der Waals surface area contributed by atoms with Crippen LogP contribution < -0.4 is 4.74 Å². The van der Waals surface area contributed by atoms with Crippen LogP contribution in [0.2, 0.25) is 0 Å². The monoisotopic (exact) mass is 334 g/mol. The molecule has 0 radical (unpaired) electrons. The first kappa shape index (κ1) is 15.1. The van der Waals surface area contributed by atoms with E-state index in [4.69, 9.17) is 4.74 Å². The van der Waals surface area contributed by atoms with Gasteiger partial charge in [0.05, 0.1) is 13.2 Å². The van der Waals surface area contributed by atoms with Gasteiger partial charge < -0.3 is 9.84 Å². The van der Waals surface area contributed by atoms with Crippen molar-refractivity contribution in [1.82, 2.24) is 0 Å². The highest BCUT2D eigenvalue weighted by Crippen LogP contribution is 2.24. The van der Waals surface area contributed by atoms with Crippen molar-refractivity contribution in [1.29, 1.82) is 0 Å². The van der Waals surface area contributed by atoms with Gasteiger partial charge in [-0.05, 0) is 49.1 Å². The summed E-state index contributed by atoms with van der Waals surface area (Å²) >= 11 is 3.52. The fraction of sp³-hybridized carbons (Fsp3) is 0.294. The van der Waals surface area contributed by atoms with Crippen LogP contribution in [0.25, 0.3) is 0 Å². The molecule has 0 aromatic heterocycles. The number of aliphatic hydroxyl groups is 1. The van der Waals surface area contributed by atoms with Crippen LogP contribution in [0.4, 0.5) is 0 Å². The zero-order chi connectivity index (χ0) is 14.5. The van der Waals surface area contributed by atoms with Crippen molar-refractivity contribution >= 4 is 15.9 Å². The largest absolute Gasteiger partial charge is 0.497 e. The van der Waals surface area contributed by atoms with Crippen molar-refractivity contribution in [2.75, 3.05) is 7.11 Å². The van der Waals surface area contributed by atoms with Gasteiger partial charge in [-0.3, -0.25) is 0 Å². The SMILES string of the molecule is COc1ccc(Br)c(CC(O)Cc2cccc(C)c2)c1. The summed E-state index contributed by atoms with van der Waals surface area (Å²) in [6.45, 7) is 2.06. The molecule has 0 spiro atoms. The predicted octanol–water partition coefficient (Wildman–Crippen LogP) is 3.91. The van der Waals surface area contributed by atoms with Crippen LogP contribution in [-0.2, 0) is 12.8 Å². The Balaban J connectivity index is 2.06. The minimum Gasteiger partial charge on any atom is -0.497 e. The summed E-state index contributed by atoms with van der Waals surface area (Å²) in [4.78, 5) is 0. The van der Waals surface area contributed by atoms with Crippen LogP contribution in [0.3, 0.4) is 0 Å². The van der Waals surface area contributed by atoms with Crippen molar-refractivity contribution in [3.05, 3.63) is 63.6 Å². The standard InChI is InChI=1S/C17H19BrO2/c1-12-4-3-5-13(8-12)9-15(19)10-14-11-16(20-2)6-7-17(14)18/h3-8,11,15,19H,9-10H2,1-2H3. The number of methoxy groups -OCH3 is 1. The Labute approximate surface area is 128 Å². The highest BCUT2D eigenvalue weighted by Gasteiger charge is 2.10. The number of rotatable bonds is 5. The van der Waals surface area contributed by atoms with Crippen molar-refractivity contribution in [3.8, 4) is 5.75 Å². The summed E-state index contributed by atoms with van der Waals surface area (Å²) < 4.78 is 6.22. The Bertz CT molecular complexity index is 581. The molecule has 0 saturated heterocycles. The lowest BCUT2D eigenvalue weighted by Crippen LogP contribution is -2.14. The molecule has 0 fully saturated rings. The van der Waals surface area contributed by atoms with Crippen molar-refractivity contribution < 1.29 is 9.84 Å². The van der Waals surface area contributed by atoms with Crippen LogP contribution in [0.15, 0.2) is 46.9 Å². The van der Waals surface area contributed by atoms with E-state index in [1.165, 1.54) is 5.56 Å². The van der Waals surface area contributed by atoms with Crippen molar-refractivity contribution in [2.24, 2.45) is 0 Å². The third-order valence-electron chi connectivity index (χ3n) is 3.26. The molecule has 106 valence electrons. The Morgan fingerprint density at radius 2 is 1.95 bits per heavy atom. The second kappa shape index (κ2) is 6.91. The fourth-order valence-corrected chi connectivity index (χ4v) is 2.68. The van der Waals surface area contributed by atoms with E-state index < -0.39 is 6.10 Å². The Morgan fingerprint density at radius 3 is 2.65 bits per heavy atom. The molecule has 1 atom stereocenters. The average molecular weight is 335 g/mol. The molecular formula is C17H19BrO2. The zero-order valence-electron chi connectivity index (χ0n) is 11.8. The molecule has 0 bridgehead atoms. The summed E-state index contributed by atoms with van der Waals surface area (Å²) in [5, 5.41) is 10.3. The Morgan fingerprint density at radius 1 is 1.15 bits per heavy atom. The highest BCUT2D eigenvalue weighted by molar-refractivity contribution is 9.10. The maximum atomic E-state index is 10.3. The van der Waals surface area contributed by atoms with Crippen molar-refractivity contribution in [3.63, 3.8) is 0 Å².